The zero-order chi connectivity index (χ0) is 14.8. The Morgan fingerprint density at radius 2 is 1.81 bits per heavy atom. The lowest BCUT2D eigenvalue weighted by Gasteiger charge is -2.15. The molecule has 1 aliphatic rings. The first-order valence-electron chi connectivity index (χ1n) is 7.53. The van der Waals surface area contributed by atoms with E-state index in [9.17, 15) is 4.79 Å². The van der Waals surface area contributed by atoms with Crippen LogP contribution in [-0.4, -0.2) is 33.7 Å². The molecule has 2 heterocycles. The van der Waals surface area contributed by atoms with Gasteiger partial charge in [0.1, 0.15) is 0 Å². The Hall–Kier alpha value is -2.10. The molecule has 3 rings (SSSR count). The number of hydrogen-bond acceptors (Lipinski definition) is 2. The molecular formula is C17H21N3O. The highest BCUT2D eigenvalue weighted by Gasteiger charge is 2.19. The Morgan fingerprint density at radius 3 is 2.38 bits per heavy atom. The first-order chi connectivity index (χ1) is 10.1. The third-order valence-electron chi connectivity index (χ3n) is 4.03. The van der Waals surface area contributed by atoms with E-state index in [-0.39, 0.29) is 5.91 Å². The van der Waals surface area contributed by atoms with Gasteiger partial charge in [-0.25, -0.2) is 0 Å². The van der Waals surface area contributed by atoms with Crippen LogP contribution in [0.2, 0.25) is 0 Å². The summed E-state index contributed by atoms with van der Waals surface area (Å²) in [6, 6.07) is 9.99. The number of benzene rings is 1. The second-order valence-electron chi connectivity index (χ2n) is 5.78. The number of carbonyl (C=O) groups is 1. The van der Waals surface area contributed by atoms with Crippen molar-refractivity contribution in [2.24, 2.45) is 0 Å². The Kier molecular flexibility index (Phi) is 3.78. The summed E-state index contributed by atoms with van der Waals surface area (Å²) in [5, 5.41) is 4.47. The molecule has 4 nitrogen and oxygen atoms in total. The molecule has 0 saturated carbocycles. The topological polar surface area (TPSA) is 38.1 Å². The van der Waals surface area contributed by atoms with Crippen LogP contribution in [0, 0.1) is 13.8 Å². The van der Waals surface area contributed by atoms with Gasteiger partial charge in [0.2, 0.25) is 0 Å². The number of likely N-dealkylation sites (tertiary alicyclic amines) is 1. The molecule has 0 spiro atoms. The lowest BCUT2D eigenvalue weighted by Crippen LogP contribution is -2.27. The second-order valence-corrected chi connectivity index (χ2v) is 5.78. The van der Waals surface area contributed by atoms with Gasteiger partial charge >= 0.3 is 0 Å². The monoisotopic (exact) mass is 283 g/mol. The lowest BCUT2D eigenvalue weighted by atomic mass is 10.1. The molecule has 0 radical (unpaired) electrons. The Morgan fingerprint density at radius 1 is 1.14 bits per heavy atom. The zero-order valence-electron chi connectivity index (χ0n) is 12.7. The van der Waals surface area contributed by atoms with Crippen molar-refractivity contribution in [1.29, 1.82) is 0 Å². The number of nitrogens with zero attached hydrogens (tertiary/aromatic N) is 3. The number of carbonyl (C=O) groups excluding carboxylic acids is 1. The van der Waals surface area contributed by atoms with E-state index in [4.69, 9.17) is 0 Å². The van der Waals surface area contributed by atoms with E-state index in [2.05, 4.69) is 18.1 Å². The fourth-order valence-corrected chi connectivity index (χ4v) is 2.86. The third kappa shape index (κ3) is 2.99. The first-order valence-corrected chi connectivity index (χ1v) is 7.53. The molecule has 0 N–H and O–H groups in total. The van der Waals surface area contributed by atoms with Crippen molar-refractivity contribution in [2.75, 3.05) is 13.1 Å². The standard InChI is InChI=1S/C17H21N3O/c1-13-11-14(2)20(18-13)12-15-5-7-16(8-6-15)17(21)19-9-3-4-10-19/h5-8,11H,3-4,9-10,12H2,1-2H3. The van der Waals surface area contributed by atoms with Crippen molar-refractivity contribution < 1.29 is 4.79 Å². The first kappa shape index (κ1) is 13.9. The van der Waals surface area contributed by atoms with Crippen molar-refractivity contribution in [3.8, 4) is 0 Å². The molecule has 0 bridgehead atoms. The van der Waals surface area contributed by atoms with Gasteiger partial charge in [-0.15, -0.1) is 0 Å². The van der Waals surface area contributed by atoms with Gasteiger partial charge in [0, 0.05) is 24.3 Å². The summed E-state index contributed by atoms with van der Waals surface area (Å²) >= 11 is 0. The number of aromatic nitrogens is 2. The summed E-state index contributed by atoms with van der Waals surface area (Å²) in [5.41, 5.74) is 4.14. The highest BCUT2D eigenvalue weighted by Crippen LogP contribution is 2.14. The van der Waals surface area contributed by atoms with Crippen molar-refractivity contribution in [3.63, 3.8) is 0 Å². The smallest absolute Gasteiger partial charge is 0.253 e. The predicted molar refractivity (Wildman–Crippen MR) is 82.4 cm³/mol. The molecule has 0 unspecified atom stereocenters. The molecule has 21 heavy (non-hydrogen) atoms. The maximum atomic E-state index is 12.3. The molecule has 1 aliphatic heterocycles. The number of rotatable bonds is 3. The fraction of sp³-hybridized carbons (Fsp3) is 0.412. The maximum absolute atomic E-state index is 12.3. The van der Waals surface area contributed by atoms with Crippen LogP contribution in [0.15, 0.2) is 30.3 Å². The molecule has 1 fully saturated rings. The van der Waals surface area contributed by atoms with E-state index >= 15 is 0 Å². The van der Waals surface area contributed by atoms with Crippen LogP contribution < -0.4 is 0 Å². The molecule has 1 saturated heterocycles. The van der Waals surface area contributed by atoms with Gasteiger partial charge in [-0.2, -0.15) is 5.10 Å². The van der Waals surface area contributed by atoms with Crippen molar-refractivity contribution >= 4 is 5.91 Å². The largest absolute Gasteiger partial charge is 0.339 e. The molecule has 1 aromatic heterocycles. The summed E-state index contributed by atoms with van der Waals surface area (Å²) in [6.45, 7) is 6.60. The minimum absolute atomic E-state index is 0.158. The van der Waals surface area contributed by atoms with Gasteiger partial charge in [0.25, 0.3) is 5.91 Å². The normalized spacial score (nSPS) is 14.7. The molecule has 4 heteroatoms. The van der Waals surface area contributed by atoms with Crippen molar-refractivity contribution in [1.82, 2.24) is 14.7 Å². The van der Waals surface area contributed by atoms with Crippen LogP contribution >= 0.6 is 0 Å². The minimum atomic E-state index is 0.158. The SMILES string of the molecule is Cc1cc(C)n(Cc2ccc(C(=O)N3CCCC3)cc2)n1. The van der Waals surface area contributed by atoms with Gasteiger partial charge in [-0.05, 0) is 50.5 Å². The predicted octanol–water partition coefficient (Wildman–Crippen LogP) is 2.78. The summed E-state index contributed by atoms with van der Waals surface area (Å²) in [6.07, 6.45) is 2.25. The van der Waals surface area contributed by atoms with Crippen LogP contribution in [0.5, 0.6) is 0 Å². The van der Waals surface area contributed by atoms with Crippen molar-refractivity contribution in [2.45, 2.75) is 33.2 Å². The Labute approximate surface area is 125 Å². The summed E-state index contributed by atoms with van der Waals surface area (Å²) in [5.74, 6) is 0.158. The maximum Gasteiger partial charge on any atom is 0.253 e. The summed E-state index contributed by atoms with van der Waals surface area (Å²) in [7, 11) is 0. The van der Waals surface area contributed by atoms with Gasteiger partial charge in [0.05, 0.1) is 12.2 Å². The molecule has 2 aromatic rings. The number of hydrogen-bond donors (Lipinski definition) is 0. The molecule has 1 amide bonds. The average molecular weight is 283 g/mol. The van der Waals surface area contributed by atoms with Crippen LogP contribution in [0.4, 0.5) is 0 Å². The van der Waals surface area contributed by atoms with E-state index in [1.165, 1.54) is 5.56 Å². The van der Waals surface area contributed by atoms with E-state index < -0.39 is 0 Å². The Bertz CT molecular complexity index is 637. The van der Waals surface area contributed by atoms with Gasteiger partial charge in [0.15, 0.2) is 0 Å². The van der Waals surface area contributed by atoms with E-state index in [0.717, 1.165) is 49.4 Å². The Balaban J connectivity index is 1.71. The summed E-state index contributed by atoms with van der Waals surface area (Å²) in [4.78, 5) is 14.2. The van der Waals surface area contributed by atoms with Crippen molar-refractivity contribution in [3.05, 3.63) is 52.8 Å². The lowest BCUT2D eigenvalue weighted by molar-refractivity contribution is 0.0793. The molecule has 1 aromatic carbocycles. The quantitative estimate of drug-likeness (QED) is 0.868. The van der Waals surface area contributed by atoms with Crippen LogP contribution in [0.25, 0.3) is 0 Å². The van der Waals surface area contributed by atoms with Gasteiger partial charge < -0.3 is 4.90 Å². The minimum Gasteiger partial charge on any atom is -0.339 e. The highest BCUT2D eigenvalue weighted by atomic mass is 16.2. The number of amides is 1. The van der Waals surface area contributed by atoms with Gasteiger partial charge in [-0.3, -0.25) is 9.48 Å². The van der Waals surface area contributed by atoms with Gasteiger partial charge in [-0.1, -0.05) is 12.1 Å². The van der Waals surface area contributed by atoms with Crippen LogP contribution in [0.1, 0.15) is 40.2 Å². The van der Waals surface area contributed by atoms with Crippen LogP contribution in [-0.2, 0) is 6.54 Å². The molecule has 110 valence electrons. The fourth-order valence-electron chi connectivity index (χ4n) is 2.86. The van der Waals surface area contributed by atoms with E-state index in [1.807, 2.05) is 40.8 Å². The zero-order valence-corrected chi connectivity index (χ0v) is 12.7. The average Bonchev–Trinajstić information content (AvgIpc) is 3.10. The molecule has 0 aliphatic carbocycles. The number of aryl methyl sites for hydroxylation is 2. The second kappa shape index (κ2) is 5.72. The highest BCUT2D eigenvalue weighted by molar-refractivity contribution is 5.94. The van der Waals surface area contributed by atoms with E-state index in [0.29, 0.717) is 0 Å². The summed E-state index contributed by atoms with van der Waals surface area (Å²) < 4.78 is 1.99. The molecular weight excluding hydrogens is 262 g/mol. The molecule has 0 atom stereocenters. The third-order valence-corrected chi connectivity index (χ3v) is 4.03. The van der Waals surface area contributed by atoms with E-state index in [1.54, 1.807) is 0 Å². The van der Waals surface area contributed by atoms with Crippen LogP contribution in [0.3, 0.4) is 0 Å².